The van der Waals surface area contributed by atoms with Gasteiger partial charge in [-0.1, -0.05) is 0 Å². The van der Waals surface area contributed by atoms with Gasteiger partial charge in [-0.15, -0.1) is 0 Å². The smallest absolute Gasteiger partial charge is 0.402 e. The van der Waals surface area contributed by atoms with Gasteiger partial charge in [0.1, 0.15) is 16.9 Å². The van der Waals surface area contributed by atoms with Gasteiger partial charge in [0.25, 0.3) is 0 Å². The second-order valence-corrected chi connectivity index (χ2v) is 6.07. The number of rotatable bonds is 5. The molecule has 1 unspecified atom stereocenters. The van der Waals surface area contributed by atoms with Crippen LogP contribution in [0.1, 0.15) is 17.5 Å². The minimum Gasteiger partial charge on any atom is -0.480 e. The van der Waals surface area contributed by atoms with Crippen LogP contribution in [0.5, 0.6) is 5.88 Å². The highest BCUT2D eigenvalue weighted by atomic mass is 19.4. The fourth-order valence-corrected chi connectivity index (χ4v) is 3.49. The Morgan fingerprint density at radius 3 is 2.41 bits per heavy atom. The molecule has 2 heterocycles. The first kappa shape index (κ1) is 19.4. The highest BCUT2D eigenvalue weighted by Gasteiger charge is 2.61. The van der Waals surface area contributed by atoms with Crippen molar-refractivity contribution >= 4 is 11.4 Å². The molecular weight excluding hydrogens is 368 g/mol. The number of hydrogen-bond acceptors (Lipinski definition) is 5. The predicted octanol–water partition coefficient (Wildman–Crippen LogP) is 4.14. The van der Waals surface area contributed by atoms with E-state index < -0.39 is 30.1 Å². The number of aromatic nitrogens is 1. The summed E-state index contributed by atoms with van der Waals surface area (Å²) in [5.74, 6) is -0.775. The molecule has 0 saturated heterocycles. The third-order valence-electron chi connectivity index (χ3n) is 4.75. The first-order valence-corrected chi connectivity index (χ1v) is 8.01. The standard InChI is InChI=1S/C18H18F4N2O3/c1-25-14(26-2)9-17(18(20,21)22)11-6-7-23-16(27-3)15(11)24-13-5-4-10(19)8-12(13)17/h4-8,14,24H,9H2,1-3H3. The molecule has 9 heteroatoms. The normalized spacial score (nSPS) is 18.7. The van der Waals surface area contributed by atoms with E-state index in [-0.39, 0.29) is 28.4 Å². The SMILES string of the molecule is COc1nccc2c1Nc1ccc(F)cc1C2(CC(OC)OC)C(F)(F)F. The van der Waals surface area contributed by atoms with Crippen LogP contribution in [0.15, 0.2) is 30.5 Å². The number of anilines is 2. The molecule has 0 amide bonds. The third kappa shape index (κ3) is 3.00. The quantitative estimate of drug-likeness (QED) is 0.618. The lowest BCUT2D eigenvalue weighted by Gasteiger charge is -2.43. The van der Waals surface area contributed by atoms with Gasteiger partial charge in [0.15, 0.2) is 6.29 Å². The molecule has 0 spiro atoms. The van der Waals surface area contributed by atoms with Gasteiger partial charge in [-0.3, -0.25) is 0 Å². The first-order valence-electron chi connectivity index (χ1n) is 8.01. The van der Waals surface area contributed by atoms with Crippen LogP contribution >= 0.6 is 0 Å². The summed E-state index contributed by atoms with van der Waals surface area (Å²) in [7, 11) is 3.81. The summed E-state index contributed by atoms with van der Waals surface area (Å²) >= 11 is 0. The van der Waals surface area contributed by atoms with E-state index >= 15 is 0 Å². The van der Waals surface area contributed by atoms with Gasteiger partial charge in [-0.05, 0) is 29.8 Å². The molecule has 1 aliphatic rings. The number of alkyl halides is 3. The van der Waals surface area contributed by atoms with E-state index in [1.807, 2.05) is 0 Å². The molecule has 2 aromatic rings. The Balaban J connectivity index is 2.38. The largest absolute Gasteiger partial charge is 0.480 e. The molecule has 1 aliphatic heterocycles. The maximum absolute atomic E-state index is 14.6. The van der Waals surface area contributed by atoms with Gasteiger partial charge < -0.3 is 19.5 Å². The van der Waals surface area contributed by atoms with E-state index in [1.54, 1.807) is 0 Å². The van der Waals surface area contributed by atoms with Crippen molar-refractivity contribution in [2.24, 2.45) is 0 Å². The second kappa shape index (κ2) is 6.97. The lowest BCUT2D eigenvalue weighted by Crippen LogP contribution is -2.48. The lowest BCUT2D eigenvalue weighted by atomic mass is 9.68. The highest BCUT2D eigenvalue weighted by Crippen LogP contribution is 2.58. The number of pyridine rings is 1. The minimum absolute atomic E-state index is 0.00230. The van der Waals surface area contributed by atoms with E-state index in [4.69, 9.17) is 14.2 Å². The summed E-state index contributed by atoms with van der Waals surface area (Å²) in [6.07, 6.45) is -5.35. The number of nitrogens with one attached hydrogen (secondary N) is 1. The van der Waals surface area contributed by atoms with Crippen molar-refractivity contribution in [3.05, 3.63) is 47.4 Å². The molecule has 0 aliphatic carbocycles. The Kier molecular flexibility index (Phi) is 5.00. The van der Waals surface area contributed by atoms with Crippen LogP contribution in [0.3, 0.4) is 0 Å². The molecule has 1 aromatic carbocycles. The number of hydrogen-bond donors (Lipinski definition) is 1. The summed E-state index contributed by atoms with van der Waals surface area (Å²) in [4.78, 5) is 3.98. The Morgan fingerprint density at radius 1 is 1.11 bits per heavy atom. The molecule has 1 N–H and O–H groups in total. The van der Waals surface area contributed by atoms with Gasteiger partial charge in [0.2, 0.25) is 5.88 Å². The molecular formula is C18H18F4N2O3. The second-order valence-electron chi connectivity index (χ2n) is 6.07. The Labute approximate surface area is 153 Å². The Hall–Kier alpha value is -2.39. The topological polar surface area (TPSA) is 52.6 Å². The van der Waals surface area contributed by atoms with Crippen LogP contribution in [0, 0.1) is 5.82 Å². The molecule has 146 valence electrons. The van der Waals surface area contributed by atoms with E-state index in [0.717, 1.165) is 12.1 Å². The molecule has 5 nitrogen and oxygen atoms in total. The van der Waals surface area contributed by atoms with Crippen molar-refractivity contribution in [1.82, 2.24) is 4.98 Å². The monoisotopic (exact) mass is 386 g/mol. The zero-order chi connectivity index (χ0) is 19.8. The van der Waals surface area contributed by atoms with Crippen molar-refractivity contribution in [1.29, 1.82) is 0 Å². The van der Waals surface area contributed by atoms with Gasteiger partial charge in [0.05, 0.1) is 7.11 Å². The number of benzene rings is 1. The van der Waals surface area contributed by atoms with Crippen LogP contribution in [0.25, 0.3) is 0 Å². The van der Waals surface area contributed by atoms with Crippen LogP contribution in [-0.2, 0) is 14.9 Å². The summed E-state index contributed by atoms with van der Waals surface area (Å²) < 4.78 is 73.1. The van der Waals surface area contributed by atoms with Crippen molar-refractivity contribution < 1.29 is 31.8 Å². The lowest BCUT2D eigenvalue weighted by molar-refractivity contribution is -0.206. The van der Waals surface area contributed by atoms with Gasteiger partial charge in [0, 0.05) is 38.1 Å². The van der Waals surface area contributed by atoms with Crippen LogP contribution in [0.4, 0.5) is 28.9 Å². The van der Waals surface area contributed by atoms with Crippen molar-refractivity contribution in [2.75, 3.05) is 26.6 Å². The molecule has 0 radical (unpaired) electrons. The zero-order valence-corrected chi connectivity index (χ0v) is 14.9. The molecule has 0 fully saturated rings. The van der Waals surface area contributed by atoms with E-state index in [9.17, 15) is 17.6 Å². The Bertz CT molecular complexity index is 840. The average molecular weight is 386 g/mol. The van der Waals surface area contributed by atoms with Crippen LogP contribution in [0.2, 0.25) is 0 Å². The Morgan fingerprint density at radius 2 is 1.81 bits per heavy atom. The minimum atomic E-state index is -4.78. The van der Waals surface area contributed by atoms with Gasteiger partial charge in [-0.25, -0.2) is 9.37 Å². The van der Waals surface area contributed by atoms with Gasteiger partial charge >= 0.3 is 6.18 Å². The molecule has 1 aromatic heterocycles. The fourth-order valence-electron chi connectivity index (χ4n) is 3.49. The van der Waals surface area contributed by atoms with Crippen molar-refractivity contribution in [3.8, 4) is 5.88 Å². The fraction of sp³-hybridized carbons (Fsp3) is 0.389. The predicted molar refractivity (Wildman–Crippen MR) is 89.7 cm³/mol. The van der Waals surface area contributed by atoms with E-state index in [1.165, 1.54) is 39.7 Å². The van der Waals surface area contributed by atoms with E-state index in [2.05, 4.69) is 10.3 Å². The third-order valence-corrected chi connectivity index (χ3v) is 4.75. The number of methoxy groups -OCH3 is 3. The summed E-state index contributed by atoms with van der Waals surface area (Å²) in [6, 6.07) is 4.47. The molecule has 0 bridgehead atoms. The van der Waals surface area contributed by atoms with Crippen molar-refractivity contribution in [2.45, 2.75) is 24.3 Å². The number of ether oxygens (including phenoxy) is 3. The summed E-state index contributed by atoms with van der Waals surface area (Å²) in [5, 5.41) is 2.89. The summed E-state index contributed by atoms with van der Waals surface area (Å²) in [5.41, 5.74) is -2.80. The van der Waals surface area contributed by atoms with E-state index in [0.29, 0.717) is 0 Å². The maximum atomic E-state index is 14.6. The molecule has 0 saturated carbocycles. The number of nitrogens with zero attached hydrogens (tertiary/aromatic N) is 1. The summed E-state index contributed by atoms with van der Waals surface area (Å²) in [6.45, 7) is 0. The zero-order valence-electron chi connectivity index (χ0n) is 14.9. The average Bonchev–Trinajstić information content (AvgIpc) is 2.64. The van der Waals surface area contributed by atoms with Crippen LogP contribution < -0.4 is 10.1 Å². The van der Waals surface area contributed by atoms with Crippen LogP contribution in [-0.4, -0.2) is 38.8 Å². The maximum Gasteiger partial charge on any atom is 0.402 e. The number of fused-ring (bicyclic) bond motifs is 2. The first-order chi connectivity index (χ1) is 12.8. The molecule has 27 heavy (non-hydrogen) atoms. The van der Waals surface area contributed by atoms with Crippen molar-refractivity contribution in [3.63, 3.8) is 0 Å². The molecule has 1 atom stereocenters. The molecule has 3 rings (SSSR count). The highest BCUT2D eigenvalue weighted by molar-refractivity contribution is 5.79. The number of halogens is 4. The van der Waals surface area contributed by atoms with Gasteiger partial charge in [-0.2, -0.15) is 13.2 Å².